The molecule has 0 rings (SSSR count). The summed E-state index contributed by atoms with van der Waals surface area (Å²) in [5.74, 6) is -1.01. The van der Waals surface area contributed by atoms with Gasteiger partial charge in [-0.25, -0.2) is 0 Å². The van der Waals surface area contributed by atoms with Gasteiger partial charge in [0, 0.05) is 19.3 Å². The van der Waals surface area contributed by atoms with E-state index in [1.165, 1.54) is 44.9 Å². The highest BCUT2D eigenvalue weighted by atomic mass is 16.6. The van der Waals surface area contributed by atoms with Crippen LogP contribution in [0.4, 0.5) is 0 Å². The minimum absolute atomic E-state index is 0.118. The molecule has 0 aromatic rings. The van der Waals surface area contributed by atoms with Crippen LogP contribution in [0.3, 0.4) is 0 Å². The lowest BCUT2D eigenvalue weighted by atomic mass is 10.1. The van der Waals surface area contributed by atoms with E-state index >= 15 is 0 Å². The average molecular weight is 885 g/mol. The number of carbonyl (C=O) groups is 3. The maximum Gasteiger partial charge on any atom is 0.306 e. The third-order valence-corrected chi connectivity index (χ3v) is 10.3. The van der Waals surface area contributed by atoms with Gasteiger partial charge in [-0.1, -0.05) is 200 Å². The summed E-state index contributed by atoms with van der Waals surface area (Å²) >= 11 is 0. The summed E-state index contributed by atoms with van der Waals surface area (Å²) in [6.07, 6.45) is 70.4. The molecule has 1 unspecified atom stereocenters. The molecule has 0 heterocycles. The monoisotopic (exact) mass is 885 g/mol. The van der Waals surface area contributed by atoms with Crippen LogP contribution < -0.4 is 0 Å². The summed E-state index contributed by atoms with van der Waals surface area (Å²) in [6, 6.07) is 0. The number of ether oxygens (including phenoxy) is 3. The maximum absolute atomic E-state index is 12.8. The predicted molar refractivity (Wildman–Crippen MR) is 274 cm³/mol. The molecule has 6 nitrogen and oxygen atoms in total. The van der Waals surface area contributed by atoms with Gasteiger partial charge in [0.05, 0.1) is 0 Å². The van der Waals surface area contributed by atoms with Crippen LogP contribution in [0.1, 0.15) is 207 Å². The summed E-state index contributed by atoms with van der Waals surface area (Å²) in [5.41, 5.74) is 0. The van der Waals surface area contributed by atoms with E-state index < -0.39 is 6.10 Å². The van der Waals surface area contributed by atoms with Gasteiger partial charge in [0.25, 0.3) is 0 Å². The molecule has 360 valence electrons. The maximum atomic E-state index is 12.8. The highest BCUT2D eigenvalue weighted by molar-refractivity contribution is 5.71. The van der Waals surface area contributed by atoms with Crippen molar-refractivity contribution in [2.45, 2.75) is 213 Å². The van der Waals surface area contributed by atoms with Gasteiger partial charge >= 0.3 is 17.9 Å². The van der Waals surface area contributed by atoms with Crippen molar-refractivity contribution in [3.63, 3.8) is 0 Å². The zero-order chi connectivity index (χ0) is 46.5. The number of hydrogen-bond acceptors (Lipinski definition) is 6. The van der Waals surface area contributed by atoms with Gasteiger partial charge in [0.1, 0.15) is 13.2 Å². The molecule has 0 radical (unpaired) electrons. The fraction of sp³-hybridized carbons (Fsp3) is 0.603. The summed E-state index contributed by atoms with van der Waals surface area (Å²) in [6.45, 7) is 6.28. The highest BCUT2D eigenvalue weighted by Gasteiger charge is 2.19. The molecule has 0 aliphatic rings. The van der Waals surface area contributed by atoms with Crippen molar-refractivity contribution < 1.29 is 28.6 Å². The second-order valence-electron chi connectivity index (χ2n) is 16.4. The molecule has 0 aliphatic carbocycles. The standard InChI is InChI=1S/C58H92O6/c1-4-7-10-13-16-19-22-25-27-28-29-30-31-34-36-39-42-45-48-51-57(60)63-54-55(53-62-56(59)50-47-44-41-38-35-32-24-21-18-15-12-9-6-3)64-58(61)52-49-46-43-40-37-33-26-23-20-17-14-11-8-5-2/h7,9-10,12,15-16,18-19,21,24-25,27,29-30,32-37,55H,4-6,8,11,13-14,17,20,22-23,26,28,31,38-54H2,1-3H3/b10-7-,12-9-,18-15-,19-16-,24-21-,27-25-,30-29-,35-32-,36-34-,37-33-. The quantitative estimate of drug-likeness (QED) is 0.0199. The first-order chi connectivity index (χ1) is 31.5. The van der Waals surface area contributed by atoms with Gasteiger partial charge in [-0.05, 0) is 109 Å². The van der Waals surface area contributed by atoms with E-state index in [0.717, 1.165) is 122 Å². The van der Waals surface area contributed by atoms with E-state index in [-0.39, 0.29) is 37.5 Å². The van der Waals surface area contributed by atoms with Crippen LogP contribution >= 0.6 is 0 Å². The van der Waals surface area contributed by atoms with E-state index in [1.807, 2.05) is 36.5 Å². The van der Waals surface area contributed by atoms with Crippen molar-refractivity contribution in [2.75, 3.05) is 13.2 Å². The number of rotatable bonds is 44. The third kappa shape index (κ3) is 48.8. The molecular weight excluding hydrogens is 793 g/mol. The van der Waals surface area contributed by atoms with Crippen molar-refractivity contribution in [1.82, 2.24) is 0 Å². The lowest BCUT2D eigenvalue weighted by molar-refractivity contribution is -0.167. The molecule has 0 aliphatic heterocycles. The Labute approximate surface area is 392 Å². The Balaban J connectivity index is 4.53. The molecule has 0 bridgehead atoms. The van der Waals surface area contributed by atoms with Crippen molar-refractivity contribution in [3.05, 3.63) is 122 Å². The van der Waals surface area contributed by atoms with Gasteiger partial charge in [-0.15, -0.1) is 0 Å². The Hall–Kier alpha value is -4.19. The zero-order valence-electron chi connectivity index (χ0n) is 41.0. The molecule has 1 atom stereocenters. The topological polar surface area (TPSA) is 78.9 Å². The van der Waals surface area contributed by atoms with Crippen LogP contribution in [0.25, 0.3) is 0 Å². The first kappa shape index (κ1) is 59.8. The third-order valence-electron chi connectivity index (χ3n) is 10.3. The Bertz CT molecular complexity index is 1390. The second-order valence-corrected chi connectivity index (χ2v) is 16.4. The molecule has 0 aromatic carbocycles. The van der Waals surface area contributed by atoms with Crippen molar-refractivity contribution >= 4 is 17.9 Å². The van der Waals surface area contributed by atoms with Crippen LogP contribution in [0.15, 0.2) is 122 Å². The summed E-state index contributed by atoms with van der Waals surface area (Å²) in [5, 5.41) is 0. The van der Waals surface area contributed by atoms with Gasteiger partial charge < -0.3 is 14.2 Å². The molecule has 0 spiro atoms. The highest BCUT2D eigenvalue weighted by Crippen LogP contribution is 2.12. The molecule has 64 heavy (non-hydrogen) atoms. The Kier molecular flexibility index (Phi) is 48.1. The molecule has 0 aromatic heterocycles. The molecule has 6 heteroatoms. The summed E-state index contributed by atoms with van der Waals surface area (Å²) < 4.78 is 16.7. The van der Waals surface area contributed by atoms with E-state index in [1.54, 1.807) is 0 Å². The minimum Gasteiger partial charge on any atom is -0.462 e. The molecule has 0 fully saturated rings. The largest absolute Gasteiger partial charge is 0.462 e. The average Bonchev–Trinajstić information content (AvgIpc) is 3.29. The zero-order valence-corrected chi connectivity index (χ0v) is 41.0. The van der Waals surface area contributed by atoms with Crippen LogP contribution in [-0.2, 0) is 28.6 Å². The molecule has 0 saturated heterocycles. The lowest BCUT2D eigenvalue weighted by Crippen LogP contribution is -2.30. The van der Waals surface area contributed by atoms with Crippen LogP contribution in [0.2, 0.25) is 0 Å². The molecule has 0 amide bonds. The van der Waals surface area contributed by atoms with E-state index in [9.17, 15) is 14.4 Å². The van der Waals surface area contributed by atoms with E-state index in [2.05, 4.69) is 106 Å². The van der Waals surface area contributed by atoms with E-state index in [0.29, 0.717) is 12.8 Å². The summed E-state index contributed by atoms with van der Waals surface area (Å²) in [4.78, 5) is 37.9. The number of unbranched alkanes of at least 4 members (excludes halogenated alkanes) is 16. The SMILES string of the molecule is CC\C=C/C=C\C=C/C=C\CCCCCC(=O)OCC(COC(=O)CCCCC/C=C\C/C=C\C/C=C\C/C=C\C/C=C\CC)OC(=O)CCCCC/C=C\CCCCCCCCC. The number of esters is 3. The van der Waals surface area contributed by atoms with Gasteiger partial charge in [0.2, 0.25) is 0 Å². The Morgan fingerprint density at radius 1 is 0.344 bits per heavy atom. The fourth-order valence-electron chi connectivity index (χ4n) is 6.47. The van der Waals surface area contributed by atoms with Crippen LogP contribution in [0.5, 0.6) is 0 Å². The van der Waals surface area contributed by atoms with Crippen molar-refractivity contribution in [1.29, 1.82) is 0 Å². The van der Waals surface area contributed by atoms with Crippen molar-refractivity contribution in [2.24, 2.45) is 0 Å². The van der Waals surface area contributed by atoms with Crippen LogP contribution in [-0.4, -0.2) is 37.2 Å². The molecule has 0 saturated carbocycles. The Morgan fingerprint density at radius 3 is 1.16 bits per heavy atom. The number of allylic oxidation sites excluding steroid dienone is 20. The summed E-state index contributed by atoms with van der Waals surface area (Å²) in [7, 11) is 0. The number of carbonyl (C=O) groups excluding carboxylic acids is 3. The Morgan fingerprint density at radius 2 is 0.688 bits per heavy atom. The molecule has 0 N–H and O–H groups in total. The van der Waals surface area contributed by atoms with Crippen LogP contribution in [0, 0.1) is 0 Å². The van der Waals surface area contributed by atoms with Gasteiger partial charge in [-0.3, -0.25) is 14.4 Å². The lowest BCUT2D eigenvalue weighted by Gasteiger charge is -2.18. The predicted octanol–water partition coefficient (Wildman–Crippen LogP) is 16.9. The second kappa shape index (κ2) is 51.4. The molecular formula is C58H92O6. The number of hydrogen-bond donors (Lipinski definition) is 0. The smallest absolute Gasteiger partial charge is 0.306 e. The van der Waals surface area contributed by atoms with Gasteiger partial charge in [-0.2, -0.15) is 0 Å². The first-order valence-electron chi connectivity index (χ1n) is 25.6. The fourth-order valence-corrected chi connectivity index (χ4v) is 6.47. The first-order valence-corrected chi connectivity index (χ1v) is 25.6. The van der Waals surface area contributed by atoms with Crippen molar-refractivity contribution in [3.8, 4) is 0 Å². The normalized spacial score (nSPS) is 13.1. The van der Waals surface area contributed by atoms with E-state index in [4.69, 9.17) is 14.2 Å². The van der Waals surface area contributed by atoms with Gasteiger partial charge in [0.15, 0.2) is 6.10 Å². The minimum atomic E-state index is -0.819.